The molecule has 0 radical (unpaired) electrons. The number of pyridine rings is 1. The van der Waals surface area contributed by atoms with Crippen LogP contribution in [0.5, 0.6) is 0 Å². The SMILES string of the molecule is Cc1cc(Cn2c(C(C)Cl)nc3cnccc32)on1. The van der Waals surface area contributed by atoms with E-state index in [9.17, 15) is 0 Å². The number of halogens is 1. The van der Waals surface area contributed by atoms with Crippen LogP contribution in [0.2, 0.25) is 0 Å². The molecule has 0 bridgehead atoms. The van der Waals surface area contributed by atoms with Crippen molar-refractivity contribution in [3.63, 3.8) is 0 Å². The van der Waals surface area contributed by atoms with Crippen LogP contribution in [0.25, 0.3) is 11.0 Å². The fraction of sp³-hybridized carbons (Fsp3) is 0.308. The van der Waals surface area contributed by atoms with Crippen molar-refractivity contribution in [2.45, 2.75) is 25.8 Å². The fourth-order valence-corrected chi connectivity index (χ4v) is 2.28. The Morgan fingerprint density at radius 2 is 2.32 bits per heavy atom. The van der Waals surface area contributed by atoms with Crippen LogP contribution in [-0.4, -0.2) is 19.7 Å². The van der Waals surface area contributed by atoms with Crippen molar-refractivity contribution in [1.29, 1.82) is 0 Å². The first kappa shape index (κ1) is 12.2. The van der Waals surface area contributed by atoms with Gasteiger partial charge in [-0.25, -0.2) is 4.98 Å². The molecule has 0 spiro atoms. The van der Waals surface area contributed by atoms with Gasteiger partial charge in [0.05, 0.1) is 29.3 Å². The summed E-state index contributed by atoms with van der Waals surface area (Å²) in [5.41, 5.74) is 2.69. The second kappa shape index (κ2) is 4.66. The minimum atomic E-state index is -0.184. The molecule has 0 N–H and O–H groups in total. The van der Waals surface area contributed by atoms with Gasteiger partial charge in [-0.05, 0) is 19.9 Å². The van der Waals surface area contributed by atoms with E-state index < -0.39 is 0 Å². The van der Waals surface area contributed by atoms with Crippen LogP contribution in [0.1, 0.15) is 29.6 Å². The van der Waals surface area contributed by atoms with Crippen molar-refractivity contribution >= 4 is 22.6 Å². The van der Waals surface area contributed by atoms with Gasteiger partial charge in [-0.15, -0.1) is 11.6 Å². The van der Waals surface area contributed by atoms with Crippen molar-refractivity contribution in [2.24, 2.45) is 0 Å². The van der Waals surface area contributed by atoms with Crippen LogP contribution in [0, 0.1) is 6.92 Å². The molecule has 0 saturated heterocycles. The lowest BCUT2D eigenvalue weighted by atomic mass is 10.3. The molecule has 3 aromatic heterocycles. The lowest BCUT2D eigenvalue weighted by Crippen LogP contribution is -2.05. The van der Waals surface area contributed by atoms with Gasteiger partial charge in [0, 0.05) is 12.3 Å². The topological polar surface area (TPSA) is 56.7 Å². The minimum Gasteiger partial charge on any atom is -0.359 e. The first-order chi connectivity index (χ1) is 9.15. The second-order valence-electron chi connectivity index (χ2n) is 4.47. The number of alkyl halides is 1. The summed E-state index contributed by atoms with van der Waals surface area (Å²) in [5.74, 6) is 1.59. The Hall–Kier alpha value is -1.88. The average molecular weight is 277 g/mol. The lowest BCUT2D eigenvalue weighted by Gasteiger charge is -2.08. The highest BCUT2D eigenvalue weighted by Crippen LogP contribution is 2.25. The molecule has 0 aliphatic carbocycles. The van der Waals surface area contributed by atoms with E-state index in [-0.39, 0.29) is 5.38 Å². The normalized spacial score (nSPS) is 13.0. The summed E-state index contributed by atoms with van der Waals surface area (Å²) >= 11 is 6.20. The van der Waals surface area contributed by atoms with Gasteiger partial charge in [0.15, 0.2) is 5.76 Å². The minimum absolute atomic E-state index is 0.184. The van der Waals surface area contributed by atoms with E-state index in [1.807, 2.05) is 30.5 Å². The average Bonchev–Trinajstić information content (AvgIpc) is 2.95. The molecule has 19 heavy (non-hydrogen) atoms. The predicted octanol–water partition coefficient (Wildman–Crippen LogP) is 3.08. The van der Waals surface area contributed by atoms with Gasteiger partial charge in [0.2, 0.25) is 0 Å². The summed E-state index contributed by atoms with van der Waals surface area (Å²) in [6.07, 6.45) is 3.48. The molecule has 3 aromatic rings. The molecule has 3 heterocycles. The zero-order chi connectivity index (χ0) is 13.4. The first-order valence-electron chi connectivity index (χ1n) is 6.01. The lowest BCUT2D eigenvalue weighted by molar-refractivity contribution is 0.372. The van der Waals surface area contributed by atoms with Gasteiger partial charge in [-0.3, -0.25) is 4.98 Å². The zero-order valence-corrected chi connectivity index (χ0v) is 11.4. The molecule has 1 atom stereocenters. The van der Waals surface area contributed by atoms with Gasteiger partial charge in [0.1, 0.15) is 11.3 Å². The molecule has 6 heteroatoms. The number of hydrogen-bond acceptors (Lipinski definition) is 4. The van der Waals surface area contributed by atoms with Crippen LogP contribution < -0.4 is 0 Å². The van der Waals surface area contributed by atoms with Crippen molar-refractivity contribution in [3.05, 3.63) is 41.8 Å². The molecule has 0 aromatic carbocycles. The fourth-order valence-electron chi connectivity index (χ4n) is 2.12. The van der Waals surface area contributed by atoms with Crippen molar-refractivity contribution < 1.29 is 4.52 Å². The highest BCUT2D eigenvalue weighted by molar-refractivity contribution is 6.20. The Morgan fingerprint density at radius 1 is 1.47 bits per heavy atom. The third-order valence-corrected chi connectivity index (χ3v) is 3.12. The molecular weight excluding hydrogens is 264 g/mol. The highest BCUT2D eigenvalue weighted by atomic mass is 35.5. The number of fused-ring (bicyclic) bond motifs is 1. The largest absolute Gasteiger partial charge is 0.359 e. The Balaban J connectivity index is 2.12. The van der Waals surface area contributed by atoms with E-state index in [4.69, 9.17) is 16.1 Å². The molecule has 0 aliphatic rings. The van der Waals surface area contributed by atoms with E-state index in [0.29, 0.717) is 6.54 Å². The predicted molar refractivity (Wildman–Crippen MR) is 72.1 cm³/mol. The summed E-state index contributed by atoms with van der Waals surface area (Å²) in [6, 6.07) is 3.84. The molecule has 98 valence electrons. The maximum Gasteiger partial charge on any atom is 0.156 e. The smallest absolute Gasteiger partial charge is 0.156 e. The summed E-state index contributed by atoms with van der Waals surface area (Å²) in [7, 11) is 0. The summed E-state index contributed by atoms with van der Waals surface area (Å²) in [4.78, 5) is 8.60. The maximum absolute atomic E-state index is 6.20. The van der Waals surface area contributed by atoms with Gasteiger partial charge in [-0.2, -0.15) is 0 Å². The Labute approximate surface area is 115 Å². The van der Waals surface area contributed by atoms with Gasteiger partial charge in [-0.1, -0.05) is 5.16 Å². The van der Waals surface area contributed by atoms with Crippen molar-refractivity contribution in [3.8, 4) is 0 Å². The molecule has 3 rings (SSSR count). The van der Waals surface area contributed by atoms with Crippen LogP contribution >= 0.6 is 11.6 Å². The van der Waals surface area contributed by atoms with E-state index in [0.717, 1.165) is 28.3 Å². The summed E-state index contributed by atoms with van der Waals surface area (Å²) < 4.78 is 7.30. The Bertz CT molecular complexity index is 716. The van der Waals surface area contributed by atoms with E-state index in [1.165, 1.54) is 0 Å². The monoisotopic (exact) mass is 276 g/mol. The van der Waals surface area contributed by atoms with Gasteiger partial charge < -0.3 is 9.09 Å². The Morgan fingerprint density at radius 3 is 3.00 bits per heavy atom. The van der Waals surface area contributed by atoms with Crippen LogP contribution in [0.15, 0.2) is 29.0 Å². The summed E-state index contributed by atoms with van der Waals surface area (Å²) in [5, 5.41) is 3.71. The van der Waals surface area contributed by atoms with E-state index in [2.05, 4.69) is 15.1 Å². The van der Waals surface area contributed by atoms with Crippen LogP contribution in [-0.2, 0) is 6.54 Å². The van der Waals surface area contributed by atoms with Crippen molar-refractivity contribution in [2.75, 3.05) is 0 Å². The number of rotatable bonds is 3. The van der Waals surface area contributed by atoms with Gasteiger partial charge >= 0.3 is 0 Å². The first-order valence-corrected chi connectivity index (χ1v) is 6.45. The molecule has 0 aliphatic heterocycles. The van der Waals surface area contributed by atoms with E-state index in [1.54, 1.807) is 12.4 Å². The number of nitrogens with zero attached hydrogens (tertiary/aromatic N) is 4. The quantitative estimate of drug-likeness (QED) is 0.690. The zero-order valence-electron chi connectivity index (χ0n) is 10.7. The molecular formula is C13H13ClN4O. The van der Waals surface area contributed by atoms with Crippen LogP contribution in [0.3, 0.4) is 0 Å². The standard InChI is InChI=1S/C13H13ClN4O/c1-8-5-10(19-17-8)7-18-12-3-4-15-6-11(12)16-13(18)9(2)14/h3-6,9H,7H2,1-2H3. The van der Waals surface area contributed by atoms with Gasteiger partial charge in [0.25, 0.3) is 0 Å². The maximum atomic E-state index is 6.20. The highest BCUT2D eigenvalue weighted by Gasteiger charge is 2.16. The molecule has 0 amide bonds. The third kappa shape index (κ3) is 2.21. The second-order valence-corrected chi connectivity index (χ2v) is 5.13. The third-order valence-electron chi connectivity index (χ3n) is 2.93. The summed E-state index contributed by atoms with van der Waals surface area (Å²) in [6.45, 7) is 4.36. The molecule has 1 unspecified atom stereocenters. The van der Waals surface area contributed by atoms with Crippen molar-refractivity contribution in [1.82, 2.24) is 19.7 Å². The molecule has 0 fully saturated rings. The molecule has 0 saturated carbocycles. The Kier molecular flexibility index (Phi) is 2.98. The number of aromatic nitrogens is 4. The number of aryl methyl sites for hydroxylation is 1. The van der Waals surface area contributed by atoms with Crippen LogP contribution in [0.4, 0.5) is 0 Å². The molecule has 5 nitrogen and oxygen atoms in total. The number of imidazole rings is 1. The van der Waals surface area contributed by atoms with E-state index >= 15 is 0 Å². The number of hydrogen-bond donors (Lipinski definition) is 0.